The van der Waals surface area contributed by atoms with Gasteiger partial charge in [-0.15, -0.1) is 11.3 Å². The molecule has 1 fully saturated rings. The number of aromatic nitrogens is 2. The zero-order valence-electron chi connectivity index (χ0n) is 9.88. The number of imidazole rings is 1. The van der Waals surface area contributed by atoms with Crippen molar-refractivity contribution in [2.45, 2.75) is 30.8 Å². The molecule has 6 nitrogen and oxygen atoms in total. The van der Waals surface area contributed by atoms with Crippen LogP contribution in [0, 0.1) is 0 Å². The highest BCUT2D eigenvalue weighted by molar-refractivity contribution is 7.89. The minimum atomic E-state index is -3.51. The van der Waals surface area contributed by atoms with Crippen molar-refractivity contribution in [2.75, 3.05) is 11.9 Å². The van der Waals surface area contributed by atoms with E-state index in [1.165, 1.54) is 11.3 Å². The first-order chi connectivity index (χ1) is 8.62. The van der Waals surface area contributed by atoms with Gasteiger partial charge in [-0.3, -0.25) is 4.40 Å². The zero-order chi connectivity index (χ0) is 12.8. The molecule has 0 radical (unpaired) electrons. The van der Waals surface area contributed by atoms with E-state index in [0.29, 0.717) is 17.3 Å². The van der Waals surface area contributed by atoms with E-state index in [-0.39, 0.29) is 11.1 Å². The molecule has 18 heavy (non-hydrogen) atoms. The molecular weight excluding hydrogens is 272 g/mol. The maximum Gasteiger partial charge on any atom is 0.260 e. The molecule has 2 aromatic rings. The van der Waals surface area contributed by atoms with Crippen LogP contribution in [-0.4, -0.2) is 30.4 Å². The van der Waals surface area contributed by atoms with Gasteiger partial charge in [0.25, 0.3) is 10.0 Å². The number of nitrogens with zero attached hydrogens (tertiary/aromatic N) is 2. The standard InChI is InChI=1S/C10H14N4O2S2/c1-2-11-8-9(14-5-6-17-10(14)12-8)18(15,16)13-7-3-4-7/h5-7,11,13H,2-4H2,1H3. The Hall–Kier alpha value is -1.12. The molecule has 2 heterocycles. The van der Waals surface area contributed by atoms with Gasteiger partial charge in [0.1, 0.15) is 0 Å². The maximum atomic E-state index is 12.3. The van der Waals surface area contributed by atoms with Crippen molar-refractivity contribution in [3.05, 3.63) is 11.6 Å². The van der Waals surface area contributed by atoms with Crippen molar-refractivity contribution in [1.82, 2.24) is 14.1 Å². The van der Waals surface area contributed by atoms with Crippen molar-refractivity contribution >= 4 is 32.1 Å². The second kappa shape index (κ2) is 4.22. The predicted molar refractivity (Wildman–Crippen MR) is 70.6 cm³/mol. The van der Waals surface area contributed by atoms with Crippen LogP contribution in [-0.2, 0) is 10.0 Å². The van der Waals surface area contributed by atoms with Crippen LogP contribution < -0.4 is 10.0 Å². The molecule has 2 aromatic heterocycles. The van der Waals surface area contributed by atoms with Gasteiger partial charge in [-0.05, 0) is 19.8 Å². The number of thiazole rings is 1. The van der Waals surface area contributed by atoms with Crippen molar-refractivity contribution in [3.8, 4) is 0 Å². The number of fused-ring (bicyclic) bond motifs is 1. The summed E-state index contributed by atoms with van der Waals surface area (Å²) in [6, 6.07) is 0.0914. The van der Waals surface area contributed by atoms with E-state index in [2.05, 4.69) is 15.0 Å². The fourth-order valence-electron chi connectivity index (χ4n) is 1.78. The van der Waals surface area contributed by atoms with Gasteiger partial charge in [0.2, 0.25) is 0 Å². The van der Waals surface area contributed by atoms with Crippen LogP contribution in [0.3, 0.4) is 0 Å². The lowest BCUT2D eigenvalue weighted by Gasteiger charge is -2.07. The van der Waals surface area contributed by atoms with E-state index in [4.69, 9.17) is 0 Å². The fourth-order valence-corrected chi connectivity index (χ4v) is 4.12. The predicted octanol–water partition coefficient (Wildman–Crippen LogP) is 1.27. The summed E-state index contributed by atoms with van der Waals surface area (Å²) in [6.45, 7) is 2.55. The molecule has 98 valence electrons. The molecule has 1 aliphatic rings. The topological polar surface area (TPSA) is 75.5 Å². The third kappa shape index (κ3) is 2.00. The highest BCUT2D eigenvalue weighted by atomic mass is 32.2. The van der Waals surface area contributed by atoms with Crippen LogP contribution in [0.1, 0.15) is 19.8 Å². The molecule has 3 rings (SSSR count). The van der Waals surface area contributed by atoms with Gasteiger partial charge in [0.15, 0.2) is 15.8 Å². The summed E-state index contributed by atoms with van der Waals surface area (Å²) in [5, 5.41) is 5.05. The Morgan fingerprint density at radius 3 is 3.00 bits per heavy atom. The summed E-state index contributed by atoms with van der Waals surface area (Å²) in [5.74, 6) is 0.428. The monoisotopic (exact) mass is 286 g/mol. The Bertz CT molecular complexity index is 669. The highest BCUT2D eigenvalue weighted by Gasteiger charge is 2.32. The average Bonchev–Trinajstić information content (AvgIpc) is 2.85. The lowest BCUT2D eigenvalue weighted by Crippen LogP contribution is -2.27. The number of hydrogen-bond acceptors (Lipinski definition) is 5. The molecule has 0 bridgehead atoms. The van der Waals surface area contributed by atoms with E-state index >= 15 is 0 Å². The lowest BCUT2D eigenvalue weighted by atomic mass is 10.6. The number of nitrogens with one attached hydrogen (secondary N) is 2. The second-order valence-electron chi connectivity index (χ2n) is 4.25. The molecular formula is C10H14N4O2S2. The van der Waals surface area contributed by atoms with Crippen molar-refractivity contribution < 1.29 is 8.42 Å². The van der Waals surface area contributed by atoms with Crippen LogP contribution in [0.2, 0.25) is 0 Å². The molecule has 0 atom stereocenters. The number of rotatable bonds is 5. The minimum absolute atomic E-state index is 0.0914. The van der Waals surface area contributed by atoms with Gasteiger partial charge >= 0.3 is 0 Å². The third-order valence-corrected chi connectivity index (χ3v) is 5.02. The van der Waals surface area contributed by atoms with Crippen LogP contribution >= 0.6 is 11.3 Å². The first kappa shape index (κ1) is 11.9. The second-order valence-corrected chi connectivity index (χ2v) is 6.75. The fraction of sp³-hybridized carbons (Fsp3) is 0.500. The minimum Gasteiger partial charge on any atom is -0.368 e. The maximum absolute atomic E-state index is 12.3. The summed E-state index contributed by atoms with van der Waals surface area (Å²) in [6.07, 6.45) is 3.57. The van der Waals surface area contributed by atoms with Gasteiger partial charge in [-0.25, -0.2) is 18.1 Å². The van der Waals surface area contributed by atoms with Gasteiger partial charge in [0.05, 0.1) is 0 Å². The summed E-state index contributed by atoms with van der Waals surface area (Å²) in [4.78, 5) is 4.99. The largest absolute Gasteiger partial charge is 0.368 e. The molecule has 0 spiro atoms. The van der Waals surface area contributed by atoms with E-state index < -0.39 is 10.0 Å². The molecule has 2 N–H and O–H groups in total. The first-order valence-corrected chi connectivity index (χ1v) is 8.20. The van der Waals surface area contributed by atoms with Crippen molar-refractivity contribution in [2.24, 2.45) is 0 Å². The summed E-state index contributed by atoms with van der Waals surface area (Å²) in [7, 11) is -3.51. The lowest BCUT2D eigenvalue weighted by molar-refractivity contribution is 0.576. The van der Waals surface area contributed by atoms with Crippen molar-refractivity contribution in [3.63, 3.8) is 0 Å². The SMILES string of the molecule is CCNc1nc2sccn2c1S(=O)(=O)NC1CC1. The van der Waals surface area contributed by atoms with Gasteiger partial charge in [-0.1, -0.05) is 0 Å². The van der Waals surface area contributed by atoms with E-state index in [1.807, 2.05) is 12.3 Å². The number of hydrogen-bond donors (Lipinski definition) is 2. The van der Waals surface area contributed by atoms with E-state index in [9.17, 15) is 8.42 Å². The number of sulfonamides is 1. The zero-order valence-corrected chi connectivity index (χ0v) is 11.5. The molecule has 0 aliphatic heterocycles. The Labute approximate surface area is 109 Å². The molecule has 8 heteroatoms. The third-order valence-electron chi connectivity index (χ3n) is 2.72. The van der Waals surface area contributed by atoms with E-state index in [1.54, 1.807) is 10.6 Å². The normalized spacial score (nSPS) is 16.3. The summed E-state index contributed by atoms with van der Waals surface area (Å²) < 4.78 is 29.0. The molecule has 1 saturated carbocycles. The molecule has 1 aliphatic carbocycles. The van der Waals surface area contributed by atoms with Crippen molar-refractivity contribution in [1.29, 1.82) is 0 Å². The summed E-state index contributed by atoms with van der Waals surface area (Å²) >= 11 is 1.42. The molecule has 0 amide bonds. The van der Waals surface area contributed by atoms with Gasteiger partial charge < -0.3 is 5.32 Å². The quantitative estimate of drug-likeness (QED) is 0.868. The molecule has 0 unspecified atom stereocenters. The number of anilines is 1. The van der Waals surface area contributed by atoms with Crippen LogP contribution in [0.4, 0.5) is 5.82 Å². The Kier molecular flexibility index (Phi) is 2.80. The first-order valence-electron chi connectivity index (χ1n) is 5.83. The molecule has 0 saturated heterocycles. The van der Waals surface area contributed by atoms with Crippen LogP contribution in [0.15, 0.2) is 16.6 Å². The van der Waals surface area contributed by atoms with E-state index in [0.717, 1.165) is 12.8 Å². The smallest absolute Gasteiger partial charge is 0.260 e. The van der Waals surface area contributed by atoms with Crippen LogP contribution in [0.25, 0.3) is 4.96 Å². The summed E-state index contributed by atoms with van der Waals surface area (Å²) in [5.41, 5.74) is 0. The Balaban J connectivity index is 2.11. The Morgan fingerprint density at radius 1 is 1.56 bits per heavy atom. The average molecular weight is 286 g/mol. The molecule has 0 aromatic carbocycles. The highest BCUT2D eigenvalue weighted by Crippen LogP contribution is 2.28. The van der Waals surface area contributed by atoms with Crippen LogP contribution in [0.5, 0.6) is 0 Å². The van der Waals surface area contributed by atoms with Gasteiger partial charge in [-0.2, -0.15) is 0 Å². The Morgan fingerprint density at radius 2 is 2.33 bits per heavy atom. The van der Waals surface area contributed by atoms with Gasteiger partial charge in [0, 0.05) is 24.2 Å².